The molecule has 1 atom stereocenters. The monoisotopic (exact) mass is 290 g/mol. The van der Waals surface area contributed by atoms with Gasteiger partial charge in [-0.3, -0.25) is 14.5 Å². The van der Waals surface area contributed by atoms with Gasteiger partial charge in [-0.15, -0.1) is 0 Å². The fourth-order valence-corrected chi connectivity index (χ4v) is 2.81. The number of likely N-dealkylation sites (tertiary alicyclic amines) is 1. The number of aliphatic carboxylic acids is 1. The van der Waals surface area contributed by atoms with Crippen LogP contribution in [-0.4, -0.2) is 48.1 Å². The van der Waals surface area contributed by atoms with Crippen molar-refractivity contribution in [3.05, 3.63) is 35.9 Å². The van der Waals surface area contributed by atoms with Crippen molar-refractivity contribution in [2.75, 3.05) is 26.2 Å². The minimum Gasteiger partial charge on any atom is -0.480 e. The lowest BCUT2D eigenvalue weighted by molar-refractivity contribution is -0.138. The van der Waals surface area contributed by atoms with Crippen molar-refractivity contribution in [1.29, 1.82) is 0 Å². The zero-order valence-electron chi connectivity index (χ0n) is 12.1. The Labute approximate surface area is 125 Å². The highest BCUT2D eigenvalue weighted by molar-refractivity contribution is 5.82. The predicted molar refractivity (Wildman–Crippen MR) is 80.1 cm³/mol. The van der Waals surface area contributed by atoms with E-state index in [-0.39, 0.29) is 19.0 Å². The molecule has 1 aromatic carbocycles. The van der Waals surface area contributed by atoms with E-state index in [0.717, 1.165) is 32.4 Å². The lowest BCUT2D eigenvalue weighted by Crippen LogP contribution is -2.39. The number of rotatable bonds is 5. The van der Waals surface area contributed by atoms with E-state index in [0.29, 0.717) is 5.92 Å². The van der Waals surface area contributed by atoms with Crippen LogP contribution in [0.5, 0.6) is 0 Å². The van der Waals surface area contributed by atoms with E-state index in [1.54, 1.807) is 0 Å². The quantitative estimate of drug-likeness (QED) is 0.861. The van der Waals surface area contributed by atoms with Crippen molar-refractivity contribution in [1.82, 2.24) is 10.2 Å². The first-order chi connectivity index (χ1) is 10.1. The second-order valence-corrected chi connectivity index (χ2v) is 5.49. The highest BCUT2D eigenvalue weighted by Crippen LogP contribution is 2.27. The third-order valence-corrected chi connectivity index (χ3v) is 3.90. The summed E-state index contributed by atoms with van der Waals surface area (Å²) in [6, 6.07) is 10.5. The Morgan fingerprint density at radius 2 is 1.95 bits per heavy atom. The van der Waals surface area contributed by atoms with Gasteiger partial charge in [-0.05, 0) is 43.8 Å². The Hall–Kier alpha value is -1.88. The molecule has 0 spiro atoms. The van der Waals surface area contributed by atoms with E-state index in [1.807, 2.05) is 6.07 Å². The standard InChI is InChI=1S/C16H22N2O3/c19-15(17-11-16(20)21)12-18-9-4-7-14(8-10-18)13-5-2-1-3-6-13/h1-3,5-6,14H,4,7-12H2,(H,17,19)(H,20,21). The Balaban J connectivity index is 1.81. The number of benzene rings is 1. The van der Waals surface area contributed by atoms with Crippen LogP contribution in [0.1, 0.15) is 30.7 Å². The van der Waals surface area contributed by atoms with Crippen LogP contribution in [0.15, 0.2) is 30.3 Å². The molecule has 1 aliphatic heterocycles. The summed E-state index contributed by atoms with van der Waals surface area (Å²) in [5.41, 5.74) is 1.37. The molecule has 21 heavy (non-hydrogen) atoms. The van der Waals surface area contributed by atoms with Gasteiger partial charge in [0.2, 0.25) is 5.91 Å². The number of amides is 1. The van der Waals surface area contributed by atoms with E-state index in [4.69, 9.17) is 5.11 Å². The van der Waals surface area contributed by atoms with Crippen LogP contribution in [0.25, 0.3) is 0 Å². The molecule has 2 rings (SSSR count). The Kier molecular flexibility index (Phi) is 5.75. The molecule has 5 nitrogen and oxygen atoms in total. The average Bonchev–Trinajstić information content (AvgIpc) is 2.72. The molecule has 1 fully saturated rings. The first kappa shape index (κ1) is 15.5. The van der Waals surface area contributed by atoms with Gasteiger partial charge in [-0.25, -0.2) is 0 Å². The predicted octanol–water partition coefficient (Wildman–Crippen LogP) is 1.46. The fourth-order valence-electron chi connectivity index (χ4n) is 2.81. The first-order valence-electron chi connectivity index (χ1n) is 7.41. The second-order valence-electron chi connectivity index (χ2n) is 5.49. The average molecular weight is 290 g/mol. The van der Waals surface area contributed by atoms with Crippen LogP contribution in [0, 0.1) is 0 Å². The van der Waals surface area contributed by atoms with E-state index in [9.17, 15) is 9.59 Å². The number of carboxylic acids is 1. The summed E-state index contributed by atoms with van der Waals surface area (Å²) in [7, 11) is 0. The molecular weight excluding hydrogens is 268 g/mol. The number of hydrogen-bond acceptors (Lipinski definition) is 3. The summed E-state index contributed by atoms with van der Waals surface area (Å²) in [6.07, 6.45) is 3.24. The van der Waals surface area contributed by atoms with Gasteiger partial charge < -0.3 is 10.4 Å². The number of hydrogen-bond donors (Lipinski definition) is 2. The van der Waals surface area contributed by atoms with Gasteiger partial charge in [-0.2, -0.15) is 0 Å². The molecule has 114 valence electrons. The summed E-state index contributed by atoms with van der Waals surface area (Å²) in [5.74, 6) is -0.669. The van der Waals surface area contributed by atoms with Gasteiger partial charge >= 0.3 is 5.97 Å². The topological polar surface area (TPSA) is 69.6 Å². The molecule has 0 aromatic heterocycles. The molecule has 1 saturated heterocycles. The maximum absolute atomic E-state index is 11.7. The molecule has 1 unspecified atom stereocenters. The highest BCUT2D eigenvalue weighted by atomic mass is 16.4. The third kappa shape index (κ3) is 5.19. The van der Waals surface area contributed by atoms with Gasteiger partial charge in [0.15, 0.2) is 0 Å². The molecule has 1 amide bonds. The van der Waals surface area contributed by atoms with E-state index in [2.05, 4.69) is 34.5 Å². The van der Waals surface area contributed by atoms with Crippen LogP contribution in [0.4, 0.5) is 0 Å². The molecule has 1 heterocycles. The molecule has 1 aromatic rings. The van der Waals surface area contributed by atoms with Crippen LogP contribution in [-0.2, 0) is 9.59 Å². The van der Waals surface area contributed by atoms with Crippen LogP contribution < -0.4 is 5.32 Å². The van der Waals surface area contributed by atoms with Crippen molar-refractivity contribution in [3.63, 3.8) is 0 Å². The smallest absolute Gasteiger partial charge is 0.322 e. The van der Waals surface area contributed by atoms with Crippen molar-refractivity contribution in [2.24, 2.45) is 0 Å². The normalized spacial score (nSPS) is 19.7. The second kappa shape index (κ2) is 7.78. The molecule has 0 aliphatic carbocycles. The number of nitrogens with zero attached hydrogens (tertiary/aromatic N) is 1. The maximum atomic E-state index is 11.7. The summed E-state index contributed by atoms with van der Waals surface area (Å²) in [5, 5.41) is 11.0. The summed E-state index contributed by atoms with van der Waals surface area (Å²) in [6.45, 7) is 1.75. The molecular formula is C16H22N2O3. The van der Waals surface area contributed by atoms with Crippen molar-refractivity contribution < 1.29 is 14.7 Å². The Bertz CT molecular complexity index is 476. The minimum absolute atomic E-state index is 0.212. The fraction of sp³-hybridized carbons (Fsp3) is 0.500. The summed E-state index contributed by atoms with van der Waals surface area (Å²) >= 11 is 0. The van der Waals surface area contributed by atoms with Gasteiger partial charge in [0, 0.05) is 0 Å². The van der Waals surface area contributed by atoms with E-state index >= 15 is 0 Å². The Morgan fingerprint density at radius 3 is 2.67 bits per heavy atom. The van der Waals surface area contributed by atoms with Gasteiger partial charge in [0.05, 0.1) is 6.54 Å². The van der Waals surface area contributed by atoms with Crippen LogP contribution >= 0.6 is 0 Å². The molecule has 5 heteroatoms. The highest BCUT2D eigenvalue weighted by Gasteiger charge is 2.19. The summed E-state index contributed by atoms with van der Waals surface area (Å²) < 4.78 is 0. The number of carbonyl (C=O) groups excluding carboxylic acids is 1. The van der Waals surface area contributed by atoms with Gasteiger partial charge in [0.25, 0.3) is 0 Å². The van der Waals surface area contributed by atoms with Crippen molar-refractivity contribution >= 4 is 11.9 Å². The summed E-state index contributed by atoms with van der Waals surface area (Å²) in [4.78, 5) is 24.2. The Morgan fingerprint density at radius 1 is 1.19 bits per heavy atom. The zero-order chi connectivity index (χ0) is 15.1. The lowest BCUT2D eigenvalue weighted by atomic mass is 9.92. The SMILES string of the molecule is O=C(O)CNC(=O)CN1CCCC(c2ccccc2)CC1. The van der Waals surface area contributed by atoms with Gasteiger partial charge in [-0.1, -0.05) is 30.3 Å². The lowest BCUT2D eigenvalue weighted by Gasteiger charge is -2.19. The molecule has 0 saturated carbocycles. The van der Waals surface area contributed by atoms with E-state index in [1.165, 1.54) is 5.56 Å². The number of carbonyl (C=O) groups is 2. The molecule has 1 aliphatic rings. The number of nitrogens with one attached hydrogen (secondary N) is 1. The minimum atomic E-state index is -1.01. The number of carboxylic acid groups (broad SMARTS) is 1. The maximum Gasteiger partial charge on any atom is 0.322 e. The molecule has 0 bridgehead atoms. The molecule has 0 radical (unpaired) electrons. The van der Waals surface area contributed by atoms with Crippen molar-refractivity contribution in [3.8, 4) is 0 Å². The first-order valence-corrected chi connectivity index (χ1v) is 7.41. The van der Waals surface area contributed by atoms with Crippen LogP contribution in [0.3, 0.4) is 0 Å². The largest absolute Gasteiger partial charge is 0.480 e. The molecule has 2 N–H and O–H groups in total. The van der Waals surface area contributed by atoms with Gasteiger partial charge in [0.1, 0.15) is 6.54 Å². The van der Waals surface area contributed by atoms with Crippen molar-refractivity contribution in [2.45, 2.75) is 25.2 Å². The van der Waals surface area contributed by atoms with E-state index < -0.39 is 5.97 Å². The zero-order valence-corrected chi connectivity index (χ0v) is 12.1. The van der Waals surface area contributed by atoms with Crippen LogP contribution in [0.2, 0.25) is 0 Å². The third-order valence-electron chi connectivity index (χ3n) is 3.90.